The Balaban J connectivity index is 1.41. The van der Waals surface area contributed by atoms with Gasteiger partial charge in [-0.15, -0.1) is 0 Å². The van der Waals surface area contributed by atoms with Crippen molar-refractivity contribution < 1.29 is 18.7 Å². The van der Waals surface area contributed by atoms with E-state index >= 15 is 0 Å². The number of benzene rings is 2. The van der Waals surface area contributed by atoms with Crippen LogP contribution in [0.1, 0.15) is 25.7 Å². The number of nitrogens with zero attached hydrogens (tertiary/aromatic N) is 1. The Bertz CT molecular complexity index is 878. The Morgan fingerprint density at radius 3 is 2.48 bits per heavy atom. The van der Waals surface area contributed by atoms with Crippen molar-refractivity contribution >= 4 is 17.5 Å². The Morgan fingerprint density at radius 2 is 1.76 bits per heavy atom. The first-order chi connectivity index (χ1) is 14.1. The van der Waals surface area contributed by atoms with Gasteiger partial charge in [0, 0.05) is 31.4 Å². The van der Waals surface area contributed by atoms with Gasteiger partial charge in [0.2, 0.25) is 11.8 Å². The molecule has 1 N–H and O–H groups in total. The first-order valence-electron chi connectivity index (χ1n) is 10.2. The van der Waals surface area contributed by atoms with Crippen LogP contribution in [0, 0.1) is 11.7 Å². The summed E-state index contributed by atoms with van der Waals surface area (Å²) < 4.78 is 18.8. The molecule has 2 saturated heterocycles. The number of ether oxygens (including phenoxy) is 1. The first kappa shape index (κ1) is 19.6. The van der Waals surface area contributed by atoms with Crippen molar-refractivity contribution in [2.24, 2.45) is 5.92 Å². The number of carbonyl (C=O) groups is 2. The van der Waals surface area contributed by atoms with Gasteiger partial charge in [0.15, 0.2) is 0 Å². The van der Waals surface area contributed by atoms with E-state index in [0.717, 1.165) is 30.4 Å². The summed E-state index contributed by atoms with van der Waals surface area (Å²) >= 11 is 0. The molecule has 4 rings (SSSR count). The second-order valence-electron chi connectivity index (χ2n) is 7.65. The van der Waals surface area contributed by atoms with Crippen molar-refractivity contribution in [2.75, 3.05) is 25.1 Å². The van der Waals surface area contributed by atoms with Gasteiger partial charge in [-0.3, -0.25) is 9.59 Å². The van der Waals surface area contributed by atoms with Crippen LogP contribution in [0.4, 0.5) is 10.1 Å². The van der Waals surface area contributed by atoms with Crippen LogP contribution in [-0.2, 0) is 14.3 Å². The second kappa shape index (κ2) is 8.74. The summed E-state index contributed by atoms with van der Waals surface area (Å²) in [5.41, 5.74) is 2.33. The molecule has 6 heteroatoms. The van der Waals surface area contributed by atoms with E-state index in [0.29, 0.717) is 31.9 Å². The molecule has 0 aromatic heterocycles. The molecule has 2 aliphatic heterocycles. The lowest BCUT2D eigenvalue weighted by molar-refractivity contribution is -0.142. The Morgan fingerprint density at radius 1 is 1.00 bits per heavy atom. The quantitative estimate of drug-likeness (QED) is 0.854. The van der Waals surface area contributed by atoms with Gasteiger partial charge >= 0.3 is 0 Å². The van der Waals surface area contributed by atoms with Crippen molar-refractivity contribution in [3.05, 3.63) is 54.3 Å². The highest BCUT2D eigenvalue weighted by atomic mass is 19.1. The van der Waals surface area contributed by atoms with Crippen molar-refractivity contribution in [2.45, 2.75) is 31.7 Å². The number of likely N-dealkylation sites (tertiary alicyclic amines) is 1. The minimum absolute atomic E-state index is 0.0392. The molecule has 5 nitrogen and oxygen atoms in total. The topological polar surface area (TPSA) is 58.6 Å². The smallest absolute Gasteiger partial charge is 0.247 e. The second-order valence-corrected chi connectivity index (χ2v) is 7.65. The van der Waals surface area contributed by atoms with Crippen LogP contribution < -0.4 is 5.32 Å². The molecule has 0 unspecified atom stereocenters. The Kier molecular flexibility index (Phi) is 5.90. The number of nitrogens with one attached hydrogen (secondary N) is 1. The van der Waals surface area contributed by atoms with Crippen LogP contribution >= 0.6 is 0 Å². The number of anilines is 1. The SMILES string of the molecule is O=C(Nc1ccc(-c2cccc(F)c2)cc1)[C@@H]1CCCN1C(=O)C1CCOCC1. The van der Waals surface area contributed by atoms with Gasteiger partial charge in [-0.1, -0.05) is 24.3 Å². The molecule has 29 heavy (non-hydrogen) atoms. The maximum Gasteiger partial charge on any atom is 0.247 e. The molecule has 1 atom stereocenters. The van der Waals surface area contributed by atoms with Gasteiger partial charge in [-0.05, 0) is 61.1 Å². The fourth-order valence-electron chi connectivity index (χ4n) is 4.12. The van der Waals surface area contributed by atoms with Crippen LogP contribution in [0.5, 0.6) is 0 Å². The standard InChI is InChI=1S/C23H25FN2O3/c24-19-4-1-3-18(15-19)16-6-8-20(9-7-16)25-22(27)21-5-2-12-26(21)23(28)17-10-13-29-14-11-17/h1,3-4,6-9,15,17,21H,2,5,10-14H2,(H,25,27)/t21-/m0/s1. The Labute approximate surface area is 169 Å². The van der Waals surface area contributed by atoms with E-state index in [1.807, 2.05) is 18.2 Å². The lowest BCUT2D eigenvalue weighted by atomic mass is 9.98. The van der Waals surface area contributed by atoms with E-state index in [1.54, 1.807) is 23.1 Å². The first-order valence-corrected chi connectivity index (χ1v) is 10.2. The largest absolute Gasteiger partial charge is 0.381 e. The van der Waals surface area contributed by atoms with Crippen LogP contribution in [0.25, 0.3) is 11.1 Å². The third kappa shape index (κ3) is 4.48. The van der Waals surface area contributed by atoms with E-state index in [1.165, 1.54) is 12.1 Å². The lowest BCUT2D eigenvalue weighted by Gasteiger charge is -2.30. The van der Waals surface area contributed by atoms with E-state index in [2.05, 4.69) is 5.32 Å². The van der Waals surface area contributed by atoms with E-state index < -0.39 is 6.04 Å². The fourth-order valence-corrected chi connectivity index (χ4v) is 4.12. The highest BCUT2D eigenvalue weighted by Crippen LogP contribution is 2.26. The average Bonchev–Trinajstić information content (AvgIpc) is 3.24. The zero-order valence-corrected chi connectivity index (χ0v) is 16.3. The summed E-state index contributed by atoms with van der Waals surface area (Å²) in [6, 6.07) is 13.3. The normalized spacial score (nSPS) is 19.9. The summed E-state index contributed by atoms with van der Waals surface area (Å²) in [6.45, 7) is 1.85. The van der Waals surface area contributed by atoms with Gasteiger partial charge in [0.25, 0.3) is 0 Å². The van der Waals surface area contributed by atoms with Gasteiger partial charge in [0.05, 0.1) is 0 Å². The van der Waals surface area contributed by atoms with E-state index in [9.17, 15) is 14.0 Å². The summed E-state index contributed by atoms with van der Waals surface area (Å²) in [5, 5.41) is 2.93. The molecule has 0 spiro atoms. The molecule has 2 amide bonds. The maximum absolute atomic E-state index is 13.4. The van der Waals surface area contributed by atoms with Crippen LogP contribution in [0.15, 0.2) is 48.5 Å². The summed E-state index contributed by atoms with van der Waals surface area (Å²) in [5.74, 6) is -0.396. The number of carbonyl (C=O) groups excluding carboxylic acids is 2. The summed E-state index contributed by atoms with van der Waals surface area (Å²) in [4.78, 5) is 27.4. The van der Waals surface area contributed by atoms with Crippen molar-refractivity contribution in [3.8, 4) is 11.1 Å². The minimum atomic E-state index is -0.423. The lowest BCUT2D eigenvalue weighted by Crippen LogP contribution is -2.46. The van der Waals surface area contributed by atoms with E-state index in [-0.39, 0.29) is 23.5 Å². The van der Waals surface area contributed by atoms with Crippen LogP contribution in [-0.4, -0.2) is 42.5 Å². The fraction of sp³-hybridized carbons (Fsp3) is 0.391. The van der Waals surface area contributed by atoms with Crippen LogP contribution in [0.3, 0.4) is 0 Å². The predicted molar refractivity (Wildman–Crippen MR) is 109 cm³/mol. The number of hydrogen-bond acceptors (Lipinski definition) is 3. The molecule has 2 aliphatic rings. The third-order valence-corrected chi connectivity index (χ3v) is 5.72. The molecule has 2 fully saturated rings. The highest BCUT2D eigenvalue weighted by Gasteiger charge is 2.37. The van der Waals surface area contributed by atoms with E-state index in [4.69, 9.17) is 4.74 Å². The molecule has 0 radical (unpaired) electrons. The minimum Gasteiger partial charge on any atom is -0.381 e. The molecule has 0 saturated carbocycles. The molecule has 2 aromatic rings. The highest BCUT2D eigenvalue weighted by molar-refractivity contribution is 5.98. The molecule has 2 aromatic carbocycles. The Hall–Kier alpha value is -2.73. The zero-order chi connectivity index (χ0) is 20.2. The van der Waals surface area contributed by atoms with Crippen molar-refractivity contribution in [1.29, 1.82) is 0 Å². The van der Waals surface area contributed by atoms with Crippen molar-refractivity contribution in [3.63, 3.8) is 0 Å². The zero-order valence-electron chi connectivity index (χ0n) is 16.3. The number of amides is 2. The van der Waals surface area contributed by atoms with Gasteiger partial charge < -0.3 is 15.0 Å². The number of hydrogen-bond donors (Lipinski definition) is 1. The maximum atomic E-state index is 13.4. The number of rotatable bonds is 4. The third-order valence-electron chi connectivity index (χ3n) is 5.72. The molecule has 0 aliphatic carbocycles. The van der Waals surface area contributed by atoms with Crippen molar-refractivity contribution in [1.82, 2.24) is 4.90 Å². The predicted octanol–water partition coefficient (Wildman–Crippen LogP) is 3.85. The average molecular weight is 396 g/mol. The molecule has 0 bridgehead atoms. The van der Waals surface area contributed by atoms with Crippen LogP contribution in [0.2, 0.25) is 0 Å². The molecule has 152 valence electrons. The summed E-state index contributed by atoms with van der Waals surface area (Å²) in [7, 11) is 0. The molecule has 2 heterocycles. The number of halogens is 1. The van der Waals surface area contributed by atoms with Gasteiger partial charge in [0.1, 0.15) is 11.9 Å². The van der Waals surface area contributed by atoms with Gasteiger partial charge in [-0.25, -0.2) is 4.39 Å². The molecular formula is C23H25FN2O3. The molecular weight excluding hydrogens is 371 g/mol. The monoisotopic (exact) mass is 396 g/mol. The van der Waals surface area contributed by atoms with Gasteiger partial charge in [-0.2, -0.15) is 0 Å². The summed E-state index contributed by atoms with van der Waals surface area (Å²) in [6.07, 6.45) is 2.98.